The molecule has 27 heavy (non-hydrogen) atoms. The molecular weight excluding hydrogens is 348 g/mol. The second-order valence-electron chi connectivity index (χ2n) is 6.60. The number of aryl methyl sites for hydroxylation is 2. The van der Waals surface area contributed by atoms with Gasteiger partial charge >= 0.3 is 5.63 Å². The van der Waals surface area contributed by atoms with Crippen molar-refractivity contribution in [2.45, 2.75) is 39.3 Å². The molecule has 1 aliphatic rings. The van der Waals surface area contributed by atoms with Gasteiger partial charge in [-0.3, -0.25) is 4.79 Å². The van der Waals surface area contributed by atoms with Crippen LogP contribution in [0, 0.1) is 6.92 Å². The lowest BCUT2D eigenvalue weighted by Gasteiger charge is -2.09. The number of fused-ring (bicyclic) bond motifs is 2. The van der Waals surface area contributed by atoms with Gasteiger partial charge in [-0.1, -0.05) is 0 Å². The fourth-order valence-electron chi connectivity index (χ4n) is 3.45. The average molecular weight is 368 g/mol. The third-order valence-electron chi connectivity index (χ3n) is 4.96. The normalized spacial score (nSPS) is 13.0. The maximum absolute atomic E-state index is 12.4. The van der Waals surface area contributed by atoms with Crippen LogP contribution < -0.4 is 15.7 Å². The van der Waals surface area contributed by atoms with E-state index in [4.69, 9.17) is 9.15 Å². The zero-order valence-electron chi connectivity index (χ0n) is 15.2. The number of nitrogens with zero attached hydrogens (tertiary/aromatic N) is 3. The summed E-state index contributed by atoms with van der Waals surface area (Å²) in [4.78, 5) is 24.7. The zero-order valence-corrected chi connectivity index (χ0v) is 15.2. The van der Waals surface area contributed by atoms with Crippen molar-refractivity contribution in [1.82, 2.24) is 20.1 Å². The fourth-order valence-corrected chi connectivity index (χ4v) is 3.45. The summed E-state index contributed by atoms with van der Waals surface area (Å²) in [6, 6.07) is 5.29. The first-order chi connectivity index (χ1) is 13.1. The van der Waals surface area contributed by atoms with Crippen LogP contribution in [-0.4, -0.2) is 27.8 Å². The first-order valence-corrected chi connectivity index (χ1v) is 8.85. The standard InChI is InChI=1S/C19H20N4O4/c1-11-13-6-5-12(26-2)8-15(13)27-19(25)14(11)9-18(24)20-10-17-22-21-16-4-3-7-23(16)17/h5-6,8H,3-4,7,9-10H2,1-2H3,(H,20,24). The Morgan fingerprint density at radius 2 is 2.22 bits per heavy atom. The van der Waals surface area contributed by atoms with E-state index in [2.05, 4.69) is 15.5 Å². The number of ether oxygens (including phenoxy) is 1. The summed E-state index contributed by atoms with van der Waals surface area (Å²) >= 11 is 0. The predicted molar refractivity (Wildman–Crippen MR) is 97.7 cm³/mol. The summed E-state index contributed by atoms with van der Waals surface area (Å²) in [6.07, 6.45) is 1.92. The molecule has 0 unspecified atom stereocenters. The number of hydrogen-bond acceptors (Lipinski definition) is 6. The quantitative estimate of drug-likeness (QED) is 0.685. The topological polar surface area (TPSA) is 99.2 Å². The molecule has 1 aromatic carbocycles. The molecule has 4 rings (SSSR count). The van der Waals surface area contributed by atoms with E-state index >= 15 is 0 Å². The number of rotatable bonds is 5. The van der Waals surface area contributed by atoms with Crippen molar-refractivity contribution >= 4 is 16.9 Å². The molecule has 3 aromatic rings. The fraction of sp³-hybridized carbons (Fsp3) is 0.368. The molecule has 1 N–H and O–H groups in total. The Morgan fingerprint density at radius 3 is 3.04 bits per heavy atom. The number of nitrogens with one attached hydrogen (secondary N) is 1. The molecule has 2 aromatic heterocycles. The largest absolute Gasteiger partial charge is 0.497 e. The molecule has 1 aliphatic heterocycles. The minimum Gasteiger partial charge on any atom is -0.497 e. The summed E-state index contributed by atoms with van der Waals surface area (Å²) in [7, 11) is 1.55. The van der Waals surface area contributed by atoms with Gasteiger partial charge in [0.2, 0.25) is 5.91 Å². The van der Waals surface area contributed by atoms with E-state index in [1.807, 2.05) is 17.6 Å². The van der Waals surface area contributed by atoms with E-state index in [1.54, 1.807) is 19.2 Å². The molecule has 8 nitrogen and oxygen atoms in total. The SMILES string of the molecule is COc1ccc2c(C)c(CC(=O)NCc3nnc4n3CCC4)c(=O)oc2c1. The predicted octanol–water partition coefficient (Wildman–Crippen LogP) is 1.51. The molecule has 0 saturated heterocycles. The van der Waals surface area contributed by atoms with Crippen molar-refractivity contribution < 1.29 is 13.9 Å². The monoisotopic (exact) mass is 368 g/mol. The van der Waals surface area contributed by atoms with Gasteiger partial charge in [-0.25, -0.2) is 4.79 Å². The smallest absolute Gasteiger partial charge is 0.340 e. The first kappa shape index (κ1) is 17.3. The second-order valence-corrected chi connectivity index (χ2v) is 6.60. The van der Waals surface area contributed by atoms with Gasteiger partial charge in [0, 0.05) is 24.4 Å². The zero-order chi connectivity index (χ0) is 19.0. The Labute approximate surface area is 155 Å². The maximum atomic E-state index is 12.4. The van der Waals surface area contributed by atoms with Gasteiger partial charge in [-0.05, 0) is 31.0 Å². The van der Waals surface area contributed by atoms with E-state index in [-0.39, 0.29) is 12.3 Å². The minimum atomic E-state index is -0.508. The molecule has 3 heterocycles. The van der Waals surface area contributed by atoms with Crippen molar-refractivity contribution in [2.75, 3.05) is 7.11 Å². The van der Waals surface area contributed by atoms with Crippen LogP contribution in [0.2, 0.25) is 0 Å². The molecule has 0 aliphatic carbocycles. The molecule has 0 bridgehead atoms. The Hall–Kier alpha value is -3.16. The second kappa shape index (κ2) is 6.86. The number of hydrogen-bond donors (Lipinski definition) is 1. The van der Waals surface area contributed by atoms with Crippen molar-refractivity contribution in [1.29, 1.82) is 0 Å². The van der Waals surface area contributed by atoms with Crippen LogP contribution in [0.5, 0.6) is 5.75 Å². The molecule has 140 valence electrons. The first-order valence-electron chi connectivity index (χ1n) is 8.85. The Morgan fingerprint density at radius 1 is 1.37 bits per heavy atom. The Kier molecular flexibility index (Phi) is 4.39. The van der Waals surface area contributed by atoms with E-state index in [0.717, 1.165) is 42.0 Å². The maximum Gasteiger partial charge on any atom is 0.340 e. The number of aromatic nitrogens is 3. The van der Waals surface area contributed by atoms with E-state index < -0.39 is 5.63 Å². The molecule has 8 heteroatoms. The summed E-state index contributed by atoms with van der Waals surface area (Å²) in [5.41, 5.74) is 1.03. The highest BCUT2D eigenvalue weighted by Gasteiger charge is 2.19. The minimum absolute atomic E-state index is 0.0445. The Bertz CT molecular complexity index is 1080. The van der Waals surface area contributed by atoms with Crippen molar-refractivity contribution in [3.63, 3.8) is 0 Å². The number of carbonyl (C=O) groups excluding carboxylic acids is 1. The van der Waals surface area contributed by atoms with Gasteiger partial charge in [0.1, 0.15) is 17.2 Å². The van der Waals surface area contributed by atoms with Crippen molar-refractivity contribution in [3.05, 3.63) is 51.4 Å². The van der Waals surface area contributed by atoms with Crippen LogP contribution in [0.3, 0.4) is 0 Å². The summed E-state index contributed by atoms with van der Waals surface area (Å²) in [6.45, 7) is 2.99. The molecular formula is C19H20N4O4. The van der Waals surface area contributed by atoms with Gasteiger partial charge in [-0.2, -0.15) is 0 Å². The average Bonchev–Trinajstić information content (AvgIpc) is 3.27. The molecule has 0 radical (unpaired) electrons. The number of benzene rings is 1. The van der Waals surface area contributed by atoms with Gasteiger partial charge < -0.3 is 19.0 Å². The Balaban J connectivity index is 1.52. The third-order valence-corrected chi connectivity index (χ3v) is 4.96. The van der Waals surface area contributed by atoms with E-state index in [1.165, 1.54) is 0 Å². The molecule has 0 spiro atoms. The van der Waals surface area contributed by atoms with Crippen LogP contribution in [0.4, 0.5) is 0 Å². The lowest BCUT2D eigenvalue weighted by molar-refractivity contribution is -0.120. The van der Waals surface area contributed by atoms with Crippen LogP contribution in [0.15, 0.2) is 27.4 Å². The summed E-state index contributed by atoms with van der Waals surface area (Å²) in [5.74, 6) is 2.05. The van der Waals surface area contributed by atoms with Gasteiger partial charge in [0.25, 0.3) is 0 Å². The highest BCUT2D eigenvalue weighted by molar-refractivity contribution is 5.85. The number of methoxy groups -OCH3 is 1. The van der Waals surface area contributed by atoms with E-state index in [9.17, 15) is 9.59 Å². The van der Waals surface area contributed by atoms with Crippen molar-refractivity contribution in [2.24, 2.45) is 0 Å². The van der Waals surface area contributed by atoms with Gasteiger partial charge in [0.05, 0.1) is 25.6 Å². The molecule has 0 atom stereocenters. The molecule has 0 saturated carbocycles. The highest BCUT2D eigenvalue weighted by atomic mass is 16.5. The van der Waals surface area contributed by atoms with Crippen LogP contribution in [0.1, 0.15) is 29.2 Å². The van der Waals surface area contributed by atoms with Gasteiger partial charge in [-0.15, -0.1) is 10.2 Å². The summed E-state index contributed by atoms with van der Waals surface area (Å²) < 4.78 is 12.6. The lowest BCUT2D eigenvalue weighted by atomic mass is 10.0. The highest BCUT2D eigenvalue weighted by Crippen LogP contribution is 2.24. The number of amides is 1. The van der Waals surface area contributed by atoms with Crippen LogP contribution in [-0.2, 0) is 30.7 Å². The molecule has 1 amide bonds. The third kappa shape index (κ3) is 3.18. The van der Waals surface area contributed by atoms with Crippen LogP contribution >= 0.6 is 0 Å². The van der Waals surface area contributed by atoms with Crippen molar-refractivity contribution in [3.8, 4) is 5.75 Å². The van der Waals surface area contributed by atoms with Crippen LogP contribution in [0.25, 0.3) is 11.0 Å². The lowest BCUT2D eigenvalue weighted by Crippen LogP contribution is -2.28. The number of carbonyl (C=O) groups is 1. The van der Waals surface area contributed by atoms with E-state index in [0.29, 0.717) is 23.4 Å². The van der Waals surface area contributed by atoms with Gasteiger partial charge in [0.15, 0.2) is 5.82 Å². The molecule has 0 fully saturated rings. The summed E-state index contributed by atoms with van der Waals surface area (Å²) in [5, 5.41) is 11.8.